The molecule has 0 unspecified atom stereocenters. The molecule has 0 atom stereocenters. The van der Waals surface area contributed by atoms with Crippen molar-refractivity contribution in [2.45, 2.75) is 4.90 Å². The summed E-state index contributed by atoms with van der Waals surface area (Å²) < 4.78 is 23.7. The standard InChI is InChI=1S/C13H11N3O4S/c17-16(18)12-8-6-11(7-9-12)10-14-15-21(19,20)13-4-2-1-3-5-13/h1-10,15H/b14-10+. The summed E-state index contributed by atoms with van der Waals surface area (Å²) in [5.41, 5.74) is 0.494. The van der Waals surface area contributed by atoms with Gasteiger partial charge in [0.2, 0.25) is 0 Å². The van der Waals surface area contributed by atoms with E-state index in [4.69, 9.17) is 0 Å². The van der Waals surface area contributed by atoms with Crippen LogP contribution < -0.4 is 4.83 Å². The number of nitrogens with zero attached hydrogens (tertiary/aromatic N) is 2. The Morgan fingerprint density at radius 1 is 1.05 bits per heavy atom. The maximum atomic E-state index is 11.9. The monoisotopic (exact) mass is 305 g/mol. The van der Waals surface area contributed by atoms with Gasteiger partial charge in [0.15, 0.2) is 0 Å². The van der Waals surface area contributed by atoms with Crippen LogP contribution in [-0.2, 0) is 10.0 Å². The molecule has 0 spiro atoms. The lowest BCUT2D eigenvalue weighted by molar-refractivity contribution is -0.384. The van der Waals surface area contributed by atoms with Crippen molar-refractivity contribution in [3.05, 3.63) is 70.3 Å². The highest BCUT2D eigenvalue weighted by atomic mass is 32.2. The van der Waals surface area contributed by atoms with Gasteiger partial charge in [-0.2, -0.15) is 13.5 Å². The number of benzene rings is 2. The zero-order chi connectivity index (χ0) is 15.3. The summed E-state index contributed by atoms with van der Waals surface area (Å²) in [4.78, 5) is 12.2. The summed E-state index contributed by atoms with van der Waals surface area (Å²) in [6.07, 6.45) is 1.27. The first-order chi connectivity index (χ1) is 9.99. The summed E-state index contributed by atoms with van der Waals surface area (Å²) in [7, 11) is -3.71. The highest BCUT2D eigenvalue weighted by Crippen LogP contribution is 2.11. The van der Waals surface area contributed by atoms with E-state index in [9.17, 15) is 18.5 Å². The fourth-order valence-corrected chi connectivity index (χ4v) is 2.32. The molecule has 0 saturated carbocycles. The van der Waals surface area contributed by atoms with Crippen molar-refractivity contribution in [2.24, 2.45) is 5.10 Å². The summed E-state index contributed by atoms with van der Waals surface area (Å²) in [5, 5.41) is 14.1. The van der Waals surface area contributed by atoms with Gasteiger partial charge in [0.25, 0.3) is 15.7 Å². The molecule has 0 aliphatic rings. The van der Waals surface area contributed by atoms with Gasteiger partial charge in [0.1, 0.15) is 0 Å². The van der Waals surface area contributed by atoms with E-state index in [2.05, 4.69) is 9.93 Å². The maximum Gasteiger partial charge on any atom is 0.276 e. The van der Waals surface area contributed by atoms with Gasteiger partial charge >= 0.3 is 0 Å². The fraction of sp³-hybridized carbons (Fsp3) is 0. The fourth-order valence-electron chi connectivity index (χ4n) is 1.50. The molecule has 0 saturated heterocycles. The van der Waals surface area contributed by atoms with E-state index in [1.807, 2.05) is 0 Å². The van der Waals surface area contributed by atoms with E-state index < -0.39 is 14.9 Å². The first-order valence-corrected chi connectivity index (χ1v) is 7.32. The summed E-state index contributed by atoms with van der Waals surface area (Å²) in [6.45, 7) is 0. The van der Waals surface area contributed by atoms with Gasteiger partial charge in [-0.1, -0.05) is 18.2 Å². The molecule has 0 radical (unpaired) electrons. The SMILES string of the molecule is O=[N+]([O-])c1ccc(/C=N/NS(=O)(=O)c2ccccc2)cc1. The van der Waals surface area contributed by atoms with E-state index in [1.54, 1.807) is 18.2 Å². The number of rotatable bonds is 5. The average Bonchev–Trinajstić information content (AvgIpc) is 2.48. The third kappa shape index (κ3) is 3.86. The Kier molecular flexibility index (Phi) is 4.29. The van der Waals surface area contributed by atoms with Crippen LogP contribution in [0.1, 0.15) is 5.56 Å². The largest absolute Gasteiger partial charge is 0.276 e. The minimum Gasteiger partial charge on any atom is -0.258 e. The van der Waals surface area contributed by atoms with Crippen LogP contribution in [0, 0.1) is 10.1 Å². The van der Waals surface area contributed by atoms with Crippen LogP contribution in [-0.4, -0.2) is 19.6 Å². The number of non-ortho nitro benzene ring substituents is 1. The number of nitro benzene ring substituents is 1. The van der Waals surface area contributed by atoms with Crippen molar-refractivity contribution in [3.8, 4) is 0 Å². The highest BCUT2D eigenvalue weighted by Gasteiger charge is 2.11. The zero-order valence-electron chi connectivity index (χ0n) is 10.7. The molecule has 0 aliphatic carbocycles. The first-order valence-electron chi connectivity index (χ1n) is 5.83. The average molecular weight is 305 g/mol. The van der Waals surface area contributed by atoms with Crippen LogP contribution in [0.4, 0.5) is 5.69 Å². The van der Waals surface area contributed by atoms with Crippen molar-refractivity contribution in [3.63, 3.8) is 0 Å². The molecule has 0 aromatic heterocycles. The van der Waals surface area contributed by atoms with Crippen LogP contribution in [0.5, 0.6) is 0 Å². The molecule has 108 valence electrons. The topological polar surface area (TPSA) is 102 Å². The van der Waals surface area contributed by atoms with E-state index >= 15 is 0 Å². The number of hydrazone groups is 1. The number of sulfonamides is 1. The highest BCUT2D eigenvalue weighted by molar-refractivity contribution is 7.89. The first kappa shape index (κ1) is 14.7. The van der Waals surface area contributed by atoms with Crippen molar-refractivity contribution in [2.75, 3.05) is 0 Å². The molecule has 1 N–H and O–H groups in total. The molecule has 2 rings (SSSR count). The third-order valence-electron chi connectivity index (χ3n) is 2.54. The molecule has 7 nitrogen and oxygen atoms in total. The van der Waals surface area contributed by atoms with Gasteiger partial charge in [-0.05, 0) is 29.8 Å². The Morgan fingerprint density at radius 2 is 1.67 bits per heavy atom. The Labute approximate surface area is 121 Å². The molecule has 0 aliphatic heterocycles. The van der Waals surface area contributed by atoms with Crippen LogP contribution in [0.2, 0.25) is 0 Å². The molecular weight excluding hydrogens is 294 g/mol. The Morgan fingerprint density at radius 3 is 2.24 bits per heavy atom. The third-order valence-corrected chi connectivity index (χ3v) is 3.78. The summed E-state index contributed by atoms with van der Waals surface area (Å²) >= 11 is 0. The predicted molar refractivity (Wildman–Crippen MR) is 77.5 cm³/mol. The molecule has 0 bridgehead atoms. The van der Waals surface area contributed by atoms with Crippen LogP contribution >= 0.6 is 0 Å². The molecule has 2 aromatic rings. The van der Waals surface area contributed by atoms with Gasteiger partial charge in [-0.25, -0.2) is 4.83 Å². The Balaban J connectivity index is 2.07. The second kappa shape index (κ2) is 6.14. The molecule has 0 fully saturated rings. The van der Waals surface area contributed by atoms with E-state index in [0.717, 1.165) is 0 Å². The minimum atomic E-state index is -3.71. The summed E-state index contributed by atoms with van der Waals surface area (Å²) in [6, 6.07) is 13.4. The van der Waals surface area contributed by atoms with Crippen molar-refractivity contribution >= 4 is 21.9 Å². The van der Waals surface area contributed by atoms with E-state index in [1.165, 1.54) is 42.6 Å². The molecule has 8 heteroatoms. The van der Waals surface area contributed by atoms with Gasteiger partial charge in [-0.3, -0.25) is 10.1 Å². The molecule has 2 aromatic carbocycles. The normalized spacial score (nSPS) is 11.4. The van der Waals surface area contributed by atoms with Gasteiger partial charge in [-0.15, -0.1) is 0 Å². The van der Waals surface area contributed by atoms with Crippen LogP contribution in [0.25, 0.3) is 0 Å². The maximum absolute atomic E-state index is 11.9. The number of nitrogens with one attached hydrogen (secondary N) is 1. The molecular formula is C13H11N3O4S. The second-order valence-corrected chi connectivity index (χ2v) is 5.68. The second-order valence-electron chi connectivity index (χ2n) is 4.01. The number of nitro groups is 1. The zero-order valence-corrected chi connectivity index (χ0v) is 11.5. The van der Waals surface area contributed by atoms with Gasteiger partial charge in [0, 0.05) is 12.1 Å². The predicted octanol–water partition coefficient (Wildman–Crippen LogP) is 1.91. The van der Waals surface area contributed by atoms with Crippen LogP contribution in [0.15, 0.2) is 64.6 Å². The molecule has 0 heterocycles. The van der Waals surface area contributed by atoms with E-state index in [-0.39, 0.29) is 10.6 Å². The lowest BCUT2D eigenvalue weighted by atomic mass is 10.2. The Hall–Kier alpha value is -2.74. The van der Waals surface area contributed by atoms with E-state index in [0.29, 0.717) is 5.56 Å². The lowest BCUT2D eigenvalue weighted by Gasteiger charge is -2.02. The van der Waals surface area contributed by atoms with Crippen molar-refractivity contribution < 1.29 is 13.3 Å². The Bertz CT molecular complexity index is 756. The smallest absolute Gasteiger partial charge is 0.258 e. The van der Waals surface area contributed by atoms with Crippen molar-refractivity contribution in [1.29, 1.82) is 0 Å². The van der Waals surface area contributed by atoms with Gasteiger partial charge < -0.3 is 0 Å². The van der Waals surface area contributed by atoms with Gasteiger partial charge in [0.05, 0.1) is 16.0 Å². The number of hydrogen-bond acceptors (Lipinski definition) is 5. The quantitative estimate of drug-likeness (QED) is 0.518. The molecule has 21 heavy (non-hydrogen) atoms. The van der Waals surface area contributed by atoms with Crippen molar-refractivity contribution in [1.82, 2.24) is 4.83 Å². The number of hydrogen-bond donors (Lipinski definition) is 1. The molecule has 0 amide bonds. The minimum absolute atomic E-state index is 0.0444. The summed E-state index contributed by atoms with van der Waals surface area (Å²) in [5.74, 6) is 0. The van der Waals surface area contributed by atoms with Crippen LogP contribution in [0.3, 0.4) is 0 Å². The lowest BCUT2D eigenvalue weighted by Crippen LogP contribution is -2.18.